The second kappa shape index (κ2) is 4.26. The first-order chi connectivity index (χ1) is 9.63. The lowest BCUT2D eigenvalue weighted by molar-refractivity contribution is 0.361. The highest BCUT2D eigenvalue weighted by atomic mass is 16.2. The van der Waals surface area contributed by atoms with Crippen LogP contribution >= 0.6 is 0 Å². The van der Waals surface area contributed by atoms with Crippen molar-refractivity contribution in [3.63, 3.8) is 0 Å². The quantitative estimate of drug-likeness (QED) is 0.733. The summed E-state index contributed by atoms with van der Waals surface area (Å²) in [5, 5.41) is 0. The normalized spacial score (nSPS) is 15.6. The predicted octanol–water partition coefficient (Wildman–Crippen LogP) is -0.961. The molecule has 100 valence electrons. The van der Waals surface area contributed by atoms with Crippen molar-refractivity contribution in [3.8, 4) is 0 Å². The average Bonchev–Trinajstić information content (AvgIpc) is 2.89. The predicted molar refractivity (Wildman–Crippen MR) is 72.4 cm³/mol. The van der Waals surface area contributed by atoms with Gasteiger partial charge in [-0.15, -0.1) is 0 Å². The number of aromatic nitrogens is 3. The van der Waals surface area contributed by atoms with Crippen LogP contribution in [0.1, 0.15) is 5.56 Å². The standard InChI is InChI=1S/C12H9N5O3/c18-9-15-10(19)17(11(20)16-9)12(13-6-7-14-12)8-4-2-1-3-5-8/h1-7H,(H2,15,16,18,19,20). The van der Waals surface area contributed by atoms with Crippen molar-refractivity contribution in [2.75, 3.05) is 0 Å². The van der Waals surface area contributed by atoms with Crippen LogP contribution in [-0.4, -0.2) is 27.0 Å². The summed E-state index contributed by atoms with van der Waals surface area (Å²) in [7, 11) is 0. The van der Waals surface area contributed by atoms with Crippen LogP contribution in [0.25, 0.3) is 0 Å². The molecule has 0 fully saturated rings. The summed E-state index contributed by atoms with van der Waals surface area (Å²) in [6, 6.07) is 8.66. The second-order valence-corrected chi connectivity index (χ2v) is 4.08. The van der Waals surface area contributed by atoms with Gasteiger partial charge in [-0.1, -0.05) is 30.3 Å². The van der Waals surface area contributed by atoms with E-state index in [9.17, 15) is 14.4 Å². The van der Waals surface area contributed by atoms with Gasteiger partial charge in [-0.05, 0) is 0 Å². The molecule has 2 heterocycles. The molecule has 1 aliphatic rings. The third kappa shape index (κ3) is 1.66. The molecule has 0 amide bonds. The Morgan fingerprint density at radius 2 is 1.45 bits per heavy atom. The molecule has 1 aromatic heterocycles. The van der Waals surface area contributed by atoms with Crippen molar-refractivity contribution in [2.24, 2.45) is 9.98 Å². The van der Waals surface area contributed by atoms with Crippen LogP contribution in [-0.2, 0) is 5.79 Å². The van der Waals surface area contributed by atoms with Crippen molar-refractivity contribution in [2.45, 2.75) is 5.79 Å². The molecule has 20 heavy (non-hydrogen) atoms. The van der Waals surface area contributed by atoms with E-state index in [1.54, 1.807) is 30.3 Å². The van der Waals surface area contributed by atoms with Crippen LogP contribution < -0.4 is 17.1 Å². The SMILES string of the molecule is O=c1[nH]c(=O)n(C2(c3ccccc3)N=CC=N2)c(=O)[nH]1. The lowest BCUT2D eigenvalue weighted by Crippen LogP contribution is -2.52. The number of hydrogen-bond acceptors (Lipinski definition) is 5. The minimum absolute atomic E-state index is 0.532. The molecule has 0 radical (unpaired) electrons. The monoisotopic (exact) mass is 271 g/mol. The fraction of sp³-hybridized carbons (Fsp3) is 0.0833. The summed E-state index contributed by atoms with van der Waals surface area (Å²) in [5.74, 6) is -1.52. The maximum atomic E-state index is 12.0. The second-order valence-electron chi connectivity index (χ2n) is 4.08. The minimum atomic E-state index is -1.52. The van der Waals surface area contributed by atoms with E-state index in [1.807, 2.05) is 9.97 Å². The van der Waals surface area contributed by atoms with E-state index >= 15 is 0 Å². The Balaban J connectivity index is 2.38. The van der Waals surface area contributed by atoms with Gasteiger partial charge in [0.15, 0.2) is 0 Å². The molecule has 0 saturated carbocycles. The van der Waals surface area contributed by atoms with Crippen LogP contribution in [0.5, 0.6) is 0 Å². The number of benzene rings is 1. The van der Waals surface area contributed by atoms with Crippen molar-refractivity contribution in [1.82, 2.24) is 14.5 Å². The number of aliphatic imine (C=N–C) groups is 2. The van der Waals surface area contributed by atoms with Crippen LogP contribution in [0.2, 0.25) is 0 Å². The zero-order valence-electron chi connectivity index (χ0n) is 10.1. The first kappa shape index (κ1) is 12.0. The molecule has 1 aliphatic heterocycles. The van der Waals surface area contributed by atoms with Gasteiger partial charge in [0.05, 0.1) is 0 Å². The van der Waals surface area contributed by atoms with Crippen LogP contribution in [0.4, 0.5) is 0 Å². The Labute approximate surface area is 111 Å². The van der Waals surface area contributed by atoms with Crippen molar-refractivity contribution in [3.05, 3.63) is 67.3 Å². The van der Waals surface area contributed by atoms with Gasteiger partial charge in [-0.2, -0.15) is 4.57 Å². The molecule has 0 bridgehead atoms. The molecule has 8 nitrogen and oxygen atoms in total. The highest BCUT2D eigenvalue weighted by Gasteiger charge is 2.37. The average molecular weight is 271 g/mol. The molecule has 0 saturated heterocycles. The molecule has 0 unspecified atom stereocenters. The maximum Gasteiger partial charge on any atom is 0.337 e. The van der Waals surface area contributed by atoms with Crippen LogP contribution in [0.3, 0.4) is 0 Å². The van der Waals surface area contributed by atoms with Gasteiger partial charge in [0.25, 0.3) is 5.79 Å². The summed E-state index contributed by atoms with van der Waals surface area (Å²) in [6.45, 7) is 0. The summed E-state index contributed by atoms with van der Waals surface area (Å²) >= 11 is 0. The van der Waals surface area contributed by atoms with Crippen LogP contribution in [0.15, 0.2) is 54.7 Å². The third-order valence-electron chi connectivity index (χ3n) is 2.90. The first-order valence-corrected chi connectivity index (χ1v) is 5.74. The van der Waals surface area contributed by atoms with E-state index in [0.717, 1.165) is 4.57 Å². The van der Waals surface area contributed by atoms with Gasteiger partial charge in [0.2, 0.25) is 0 Å². The molecule has 2 N–H and O–H groups in total. The van der Waals surface area contributed by atoms with Gasteiger partial charge >= 0.3 is 17.1 Å². The van der Waals surface area contributed by atoms with E-state index in [0.29, 0.717) is 5.56 Å². The zero-order valence-corrected chi connectivity index (χ0v) is 10.1. The number of aromatic amines is 2. The summed E-state index contributed by atoms with van der Waals surface area (Å²) in [4.78, 5) is 47.3. The molecular formula is C12H9N5O3. The minimum Gasteiger partial charge on any atom is -0.259 e. The number of rotatable bonds is 2. The smallest absolute Gasteiger partial charge is 0.259 e. The van der Waals surface area contributed by atoms with E-state index < -0.39 is 22.9 Å². The Hall–Kier alpha value is -3.03. The number of nitrogens with one attached hydrogen (secondary N) is 2. The molecule has 1 aromatic carbocycles. The summed E-state index contributed by atoms with van der Waals surface area (Å²) in [6.07, 6.45) is 2.79. The molecule has 2 aromatic rings. The van der Waals surface area contributed by atoms with E-state index in [1.165, 1.54) is 12.4 Å². The number of hydrogen-bond donors (Lipinski definition) is 2. The van der Waals surface area contributed by atoms with Crippen molar-refractivity contribution < 1.29 is 0 Å². The maximum absolute atomic E-state index is 12.0. The lowest BCUT2D eigenvalue weighted by Gasteiger charge is -2.24. The molecule has 3 rings (SSSR count). The third-order valence-corrected chi connectivity index (χ3v) is 2.90. The molecule has 8 heteroatoms. The Kier molecular flexibility index (Phi) is 2.56. The van der Waals surface area contributed by atoms with E-state index in [-0.39, 0.29) is 0 Å². The molecule has 0 atom stereocenters. The van der Waals surface area contributed by atoms with E-state index in [2.05, 4.69) is 9.98 Å². The Morgan fingerprint density at radius 1 is 0.900 bits per heavy atom. The van der Waals surface area contributed by atoms with Crippen LogP contribution in [0, 0.1) is 0 Å². The molecular weight excluding hydrogens is 262 g/mol. The van der Waals surface area contributed by atoms with Crippen molar-refractivity contribution in [1.29, 1.82) is 0 Å². The van der Waals surface area contributed by atoms with Gasteiger partial charge in [0, 0.05) is 18.0 Å². The fourth-order valence-electron chi connectivity index (χ4n) is 2.08. The summed E-state index contributed by atoms with van der Waals surface area (Å²) < 4.78 is 0.768. The fourth-order valence-corrected chi connectivity index (χ4v) is 2.08. The van der Waals surface area contributed by atoms with Gasteiger partial charge < -0.3 is 0 Å². The van der Waals surface area contributed by atoms with Gasteiger partial charge in [-0.25, -0.2) is 24.4 Å². The zero-order chi connectivity index (χ0) is 14.2. The van der Waals surface area contributed by atoms with E-state index in [4.69, 9.17) is 0 Å². The number of nitrogens with zero attached hydrogens (tertiary/aromatic N) is 3. The Bertz CT molecular complexity index is 826. The number of H-pyrrole nitrogens is 2. The molecule has 0 aliphatic carbocycles. The van der Waals surface area contributed by atoms with Gasteiger partial charge in [0.1, 0.15) is 0 Å². The Morgan fingerprint density at radius 3 is 2.00 bits per heavy atom. The highest BCUT2D eigenvalue weighted by Crippen LogP contribution is 2.28. The first-order valence-electron chi connectivity index (χ1n) is 5.74. The lowest BCUT2D eigenvalue weighted by atomic mass is 10.1. The molecule has 0 spiro atoms. The van der Waals surface area contributed by atoms with Crippen molar-refractivity contribution >= 4 is 12.4 Å². The largest absolute Gasteiger partial charge is 0.337 e. The van der Waals surface area contributed by atoms with Gasteiger partial charge in [-0.3, -0.25) is 9.97 Å². The topological polar surface area (TPSA) is 112 Å². The summed E-state index contributed by atoms with van der Waals surface area (Å²) in [5.41, 5.74) is -2.09. The highest BCUT2D eigenvalue weighted by molar-refractivity contribution is 6.17.